The van der Waals surface area contributed by atoms with Crippen LogP contribution in [0.25, 0.3) is 5.76 Å². The van der Waals surface area contributed by atoms with Crippen LogP contribution in [0.1, 0.15) is 44.4 Å². The van der Waals surface area contributed by atoms with E-state index in [4.69, 9.17) is 23.7 Å². The van der Waals surface area contributed by atoms with Gasteiger partial charge in [0.2, 0.25) is 0 Å². The Morgan fingerprint density at radius 1 is 1.08 bits per heavy atom. The van der Waals surface area contributed by atoms with Gasteiger partial charge < -0.3 is 33.7 Å². The number of benzene rings is 2. The molecular formula is C28H33NO8. The number of carbonyl (C=O) groups excluding carboxylic acids is 2. The second-order valence-corrected chi connectivity index (χ2v) is 8.97. The number of amides is 1. The standard InChI is InChI=1S/C28H33NO8/c1-5-34-22-15-18(7-9-20(22)33-4)25-24(27(31)28(32)29(25)11-6-12-35-17(2)3)26(30)19-8-10-21-23(16-19)37-14-13-36-21/h7-10,15-17,25,30H,5-6,11-14H2,1-4H3/b26-24+. The molecule has 0 aliphatic carbocycles. The molecule has 1 unspecified atom stereocenters. The average Bonchev–Trinajstić information content (AvgIpc) is 3.15. The number of likely N-dealkylation sites (tertiary alicyclic amines) is 1. The first-order chi connectivity index (χ1) is 17.8. The molecule has 1 atom stereocenters. The van der Waals surface area contributed by atoms with E-state index < -0.39 is 17.7 Å². The highest BCUT2D eigenvalue weighted by Gasteiger charge is 2.46. The van der Waals surface area contributed by atoms with Crippen molar-refractivity contribution >= 4 is 17.4 Å². The quantitative estimate of drug-likeness (QED) is 0.220. The van der Waals surface area contributed by atoms with Crippen LogP contribution < -0.4 is 18.9 Å². The third-order valence-corrected chi connectivity index (χ3v) is 6.15. The van der Waals surface area contributed by atoms with Crippen molar-refractivity contribution in [2.75, 3.05) is 40.1 Å². The topological polar surface area (TPSA) is 104 Å². The Balaban J connectivity index is 1.78. The monoisotopic (exact) mass is 511 g/mol. The van der Waals surface area contributed by atoms with Gasteiger partial charge in [-0.3, -0.25) is 9.59 Å². The normalized spacial score (nSPS) is 18.4. The van der Waals surface area contributed by atoms with E-state index in [0.29, 0.717) is 67.0 Å². The van der Waals surface area contributed by atoms with Gasteiger partial charge in [-0.1, -0.05) is 6.07 Å². The van der Waals surface area contributed by atoms with Crippen LogP contribution in [-0.2, 0) is 14.3 Å². The lowest BCUT2D eigenvalue weighted by molar-refractivity contribution is -0.140. The van der Waals surface area contributed by atoms with Crippen LogP contribution in [0.15, 0.2) is 42.0 Å². The van der Waals surface area contributed by atoms with Crippen molar-refractivity contribution in [3.05, 3.63) is 53.1 Å². The molecule has 2 aromatic carbocycles. The minimum atomic E-state index is -0.822. The number of methoxy groups -OCH3 is 1. The minimum absolute atomic E-state index is 0.000860. The van der Waals surface area contributed by atoms with Crippen molar-refractivity contribution in [3.63, 3.8) is 0 Å². The number of hydrogen-bond acceptors (Lipinski definition) is 8. The van der Waals surface area contributed by atoms with Crippen molar-refractivity contribution < 1.29 is 38.4 Å². The number of fused-ring (bicyclic) bond motifs is 1. The van der Waals surface area contributed by atoms with Gasteiger partial charge in [0.25, 0.3) is 11.7 Å². The second-order valence-electron chi connectivity index (χ2n) is 8.97. The first kappa shape index (κ1) is 26.3. The average molecular weight is 512 g/mol. The molecule has 9 nitrogen and oxygen atoms in total. The van der Waals surface area contributed by atoms with E-state index in [9.17, 15) is 14.7 Å². The van der Waals surface area contributed by atoms with Gasteiger partial charge in [-0.15, -0.1) is 0 Å². The molecule has 2 aliphatic heterocycles. The van der Waals surface area contributed by atoms with Crippen LogP contribution in [0.5, 0.6) is 23.0 Å². The third kappa shape index (κ3) is 5.51. The maximum atomic E-state index is 13.3. The zero-order chi connectivity index (χ0) is 26.5. The molecule has 4 rings (SSSR count). The highest BCUT2D eigenvalue weighted by Crippen LogP contribution is 2.43. The summed E-state index contributed by atoms with van der Waals surface area (Å²) in [5.41, 5.74) is 0.973. The number of aliphatic hydroxyl groups is 1. The zero-order valence-corrected chi connectivity index (χ0v) is 21.6. The molecule has 2 heterocycles. The fourth-order valence-electron chi connectivity index (χ4n) is 4.49. The summed E-state index contributed by atoms with van der Waals surface area (Å²) < 4.78 is 28.0. The SMILES string of the molecule is CCOc1cc(C2/C(=C(\O)c3ccc4c(c3)OCCO4)C(=O)C(=O)N2CCCOC(C)C)ccc1OC. The number of aliphatic hydroxyl groups excluding tert-OH is 1. The van der Waals surface area contributed by atoms with E-state index in [-0.39, 0.29) is 24.0 Å². The Bertz CT molecular complexity index is 1190. The van der Waals surface area contributed by atoms with Gasteiger partial charge in [-0.2, -0.15) is 0 Å². The molecule has 1 amide bonds. The maximum Gasteiger partial charge on any atom is 0.295 e. The summed E-state index contributed by atoms with van der Waals surface area (Å²) in [5.74, 6) is 0.320. The highest BCUT2D eigenvalue weighted by molar-refractivity contribution is 6.46. The Morgan fingerprint density at radius 3 is 2.54 bits per heavy atom. The van der Waals surface area contributed by atoms with Crippen LogP contribution in [-0.4, -0.2) is 67.9 Å². The zero-order valence-electron chi connectivity index (χ0n) is 21.6. The van der Waals surface area contributed by atoms with Gasteiger partial charge in [0, 0.05) is 18.7 Å². The Hall–Kier alpha value is -3.72. The van der Waals surface area contributed by atoms with E-state index >= 15 is 0 Å². The molecule has 0 aromatic heterocycles. The number of ether oxygens (including phenoxy) is 5. The van der Waals surface area contributed by atoms with E-state index in [2.05, 4.69) is 0 Å². The van der Waals surface area contributed by atoms with Crippen LogP contribution in [0, 0.1) is 0 Å². The molecular weight excluding hydrogens is 478 g/mol. The number of rotatable bonds is 10. The molecule has 0 bridgehead atoms. The van der Waals surface area contributed by atoms with Gasteiger partial charge in [0.15, 0.2) is 23.0 Å². The Morgan fingerprint density at radius 2 is 1.84 bits per heavy atom. The molecule has 0 radical (unpaired) electrons. The summed E-state index contributed by atoms with van der Waals surface area (Å²) in [4.78, 5) is 28.0. The molecule has 2 aliphatic rings. The second kappa shape index (κ2) is 11.6. The molecule has 0 saturated carbocycles. The predicted molar refractivity (Wildman–Crippen MR) is 136 cm³/mol. The fourth-order valence-corrected chi connectivity index (χ4v) is 4.49. The molecule has 198 valence electrons. The molecule has 2 aromatic rings. The van der Waals surface area contributed by atoms with Gasteiger partial charge in [-0.05, 0) is 63.1 Å². The smallest absolute Gasteiger partial charge is 0.295 e. The van der Waals surface area contributed by atoms with Crippen molar-refractivity contribution in [1.82, 2.24) is 4.90 Å². The first-order valence-electron chi connectivity index (χ1n) is 12.5. The Kier molecular flexibility index (Phi) is 8.23. The number of hydrogen-bond donors (Lipinski definition) is 1. The van der Waals surface area contributed by atoms with Gasteiger partial charge >= 0.3 is 0 Å². The van der Waals surface area contributed by atoms with Crippen LogP contribution >= 0.6 is 0 Å². The van der Waals surface area contributed by atoms with E-state index in [0.717, 1.165) is 0 Å². The van der Waals surface area contributed by atoms with Gasteiger partial charge in [0.1, 0.15) is 19.0 Å². The number of carbonyl (C=O) groups is 2. The van der Waals surface area contributed by atoms with E-state index in [1.54, 1.807) is 43.5 Å². The van der Waals surface area contributed by atoms with Crippen molar-refractivity contribution in [2.24, 2.45) is 0 Å². The summed E-state index contributed by atoms with van der Waals surface area (Å²) in [6, 6.07) is 9.36. The summed E-state index contributed by atoms with van der Waals surface area (Å²) in [7, 11) is 1.54. The molecule has 0 spiro atoms. The van der Waals surface area contributed by atoms with E-state index in [1.807, 2.05) is 20.8 Å². The van der Waals surface area contributed by atoms with Gasteiger partial charge in [-0.25, -0.2) is 0 Å². The third-order valence-electron chi connectivity index (χ3n) is 6.15. The van der Waals surface area contributed by atoms with Crippen molar-refractivity contribution in [1.29, 1.82) is 0 Å². The number of Topliss-reactive ketones (excluding diaryl/α,β-unsaturated/α-hetero) is 1. The molecule has 1 N–H and O–H groups in total. The predicted octanol–water partition coefficient (Wildman–Crippen LogP) is 4.10. The minimum Gasteiger partial charge on any atom is -0.507 e. The number of nitrogens with zero attached hydrogens (tertiary/aromatic N) is 1. The first-order valence-corrected chi connectivity index (χ1v) is 12.5. The van der Waals surface area contributed by atoms with Crippen LogP contribution in [0.4, 0.5) is 0 Å². The Labute approximate surface area is 216 Å². The molecule has 37 heavy (non-hydrogen) atoms. The fraction of sp³-hybridized carbons (Fsp3) is 0.429. The van der Waals surface area contributed by atoms with Crippen molar-refractivity contribution in [3.8, 4) is 23.0 Å². The lowest BCUT2D eigenvalue weighted by Crippen LogP contribution is -2.31. The largest absolute Gasteiger partial charge is 0.507 e. The summed E-state index contributed by atoms with van der Waals surface area (Å²) in [6.07, 6.45) is 0.581. The summed E-state index contributed by atoms with van der Waals surface area (Å²) >= 11 is 0. The van der Waals surface area contributed by atoms with Crippen molar-refractivity contribution in [2.45, 2.75) is 39.3 Å². The molecule has 9 heteroatoms. The van der Waals surface area contributed by atoms with Gasteiger partial charge in [0.05, 0.1) is 31.4 Å². The van der Waals surface area contributed by atoms with Crippen LogP contribution in [0.3, 0.4) is 0 Å². The molecule has 1 fully saturated rings. The molecule has 1 saturated heterocycles. The van der Waals surface area contributed by atoms with Crippen LogP contribution in [0.2, 0.25) is 0 Å². The maximum absolute atomic E-state index is 13.3. The summed E-state index contributed by atoms with van der Waals surface area (Å²) in [5, 5.41) is 11.4. The highest BCUT2D eigenvalue weighted by atomic mass is 16.6. The number of ketones is 1. The summed E-state index contributed by atoms with van der Waals surface area (Å²) in [6.45, 7) is 7.66. The lowest BCUT2D eigenvalue weighted by Gasteiger charge is -2.26. The lowest BCUT2D eigenvalue weighted by atomic mass is 9.94. The van der Waals surface area contributed by atoms with E-state index in [1.165, 1.54) is 4.90 Å².